The molecular formula is C23H32N2O3. The van der Waals surface area contributed by atoms with Gasteiger partial charge in [-0.2, -0.15) is 0 Å². The van der Waals surface area contributed by atoms with E-state index in [0.717, 1.165) is 41.8 Å². The molecule has 0 spiro atoms. The van der Waals surface area contributed by atoms with Crippen molar-refractivity contribution in [2.75, 3.05) is 20.7 Å². The third kappa shape index (κ3) is 5.24. The number of carbonyl (C=O) groups excluding carboxylic acids is 1. The Labute approximate surface area is 168 Å². The fraction of sp³-hybridized carbons (Fsp3) is 0.478. The highest BCUT2D eigenvalue weighted by Crippen LogP contribution is 2.35. The van der Waals surface area contributed by atoms with Crippen molar-refractivity contribution in [1.82, 2.24) is 9.88 Å². The SMILES string of the molecule is CCCCCOc1cc(C)nc(Oc2c(C)cc(C)cc2C)c1C(=O)N(C)C. The lowest BCUT2D eigenvalue weighted by Gasteiger charge is -2.20. The van der Waals surface area contributed by atoms with Crippen LogP contribution in [0.4, 0.5) is 0 Å². The van der Waals surface area contributed by atoms with Crippen LogP contribution in [0, 0.1) is 27.7 Å². The molecule has 0 radical (unpaired) electrons. The highest BCUT2D eigenvalue weighted by molar-refractivity contribution is 5.99. The Morgan fingerprint density at radius 3 is 2.25 bits per heavy atom. The summed E-state index contributed by atoms with van der Waals surface area (Å²) in [6, 6.07) is 5.94. The van der Waals surface area contributed by atoms with E-state index in [4.69, 9.17) is 9.47 Å². The molecule has 2 aromatic rings. The molecule has 0 saturated heterocycles. The Balaban J connectivity index is 2.50. The van der Waals surface area contributed by atoms with E-state index in [1.165, 1.54) is 10.5 Å². The number of ether oxygens (including phenoxy) is 2. The number of aryl methyl sites for hydroxylation is 4. The Morgan fingerprint density at radius 1 is 1.04 bits per heavy atom. The van der Waals surface area contributed by atoms with Gasteiger partial charge in [-0.25, -0.2) is 4.98 Å². The minimum Gasteiger partial charge on any atom is -0.492 e. The Bertz CT molecular complexity index is 821. The second-order valence-corrected chi connectivity index (χ2v) is 7.53. The van der Waals surface area contributed by atoms with Crippen molar-refractivity contribution in [2.45, 2.75) is 53.9 Å². The van der Waals surface area contributed by atoms with E-state index in [2.05, 4.69) is 31.0 Å². The molecular weight excluding hydrogens is 352 g/mol. The van der Waals surface area contributed by atoms with E-state index in [1.54, 1.807) is 14.1 Å². The summed E-state index contributed by atoms with van der Waals surface area (Å²) in [6.07, 6.45) is 3.15. The minimum atomic E-state index is -0.185. The van der Waals surface area contributed by atoms with E-state index in [-0.39, 0.29) is 5.91 Å². The molecule has 0 aliphatic carbocycles. The van der Waals surface area contributed by atoms with Crippen molar-refractivity contribution < 1.29 is 14.3 Å². The highest BCUT2D eigenvalue weighted by atomic mass is 16.5. The molecule has 2 rings (SSSR count). The number of aromatic nitrogens is 1. The summed E-state index contributed by atoms with van der Waals surface area (Å²) in [5, 5.41) is 0. The second kappa shape index (κ2) is 9.58. The second-order valence-electron chi connectivity index (χ2n) is 7.53. The van der Waals surface area contributed by atoms with Gasteiger partial charge in [0.2, 0.25) is 5.88 Å². The minimum absolute atomic E-state index is 0.185. The number of pyridine rings is 1. The molecule has 0 saturated carbocycles. The number of hydrogen-bond donors (Lipinski definition) is 0. The van der Waals surface area contributed by atoms with Crippen molar-refractivity contribution in [2.24, 2.45) is 0 Å². The molecule has 0 aliphatic rings. The van der Waals surface area contributed by atoms with Gasteiger partial charge in [-0.05, 0) is 45.2 Å². The molecule has 0 aliphatic heterocycles. The van der Waals surface area contributed by atoms with Gasteiger partial charge in [-0.1, -0.05) is 37.5 Å². The van der Waals surface area contributed by atoms with Crippen molar-refractivity contribution >= 4 is 5.91 Å². The van der Waals surface area contributed by atoms with E-state index in [0.29, 0.717) is 23.8 Å². The summed E-state index contributed by atoms with van der Waals surface area (Å²) >= 11 is 0. The third-order valence-corrected chi connectivity index (χ3v) is 4.51. The largest absolute Gasteiger partial charge is 0.492 e. The molecule has 1 aromatic carbocycles. The van der Waals surface area contributed by atoms with Crippen LogP contribution >= 0.6 is 0 Å². The molecule has 152 valence electrons. The zero-order valence-corrected chi connectivity index (χ0v) is 18.2. The summed E-state index contributed by atoms with van der Waals surface area (Å²) in [6.45, 7) is 10.6. The lowest BCUT2D eigenvalue weighted by Crippen LogP contribution is -2.24. The number of nitrogens with zero attached hydrogens (tertiary/aromatic N) is 2. The van der Waals surface area contributed by atoms with E-state index in [9.17, 15) is 4.79 Å². The van der Waals surface area contributed by atoms with Crippen molar-refractivity contribution in [3.05, 3.63) is 46.1 Å². The first-order valence-corrected chi connectivity index (χ1v) is 9.86. The van der Waals surface area contributed by atoms with Gasteiger partial charge >= 0.3 is 0 Å². The fourth-order valence-electron chi connectivity index (χ4n) is 3.18. The van der Waals surface area contributed by atoms with Crippen LogP contribution < -0.4 is 9.47 Å². The van der Waals surface area contributed by atoms with Gasteiger partial charge < -0.3 is 14.4 Å². The number of amides is 1. The smallest absolute Gasteiger partial charge is 0.262 e. The average Bonchev–Trinajstić information content (AvgIpc) is 2.61. The lowest BCUT2D eigenvalue weighted by atomic mass is 10.1. The predicted octanol–water partition coefficient (Wildman–Crippen LogP) is 5.38. The van der Waals surface area contributed by atoms with Crippen molar-refractivity contribution in [3.8, 4) is 17.4 Å². The maximum Gasteiger partial charge on any atom is 0.262 e. The summed E-state index contributed by atoms with van der Waals surface area (Å²) in [5.41, 5.74) is 4.30. The van der Waals surface area contributed by atoms with Crippen LogP contribution in [0.5, 0.6) is 17.4 Å². The molecule has 1 aromatic heterocycles. The first-order valence-electron chi connectivity index (χ1n) is 9.86. The van der Waals surface area contributed by atoms with Crippen LogP contribution in [0.1, 0.15) is 58.9 Å². The number of rotatable bonds is 8. The molecule has 5 heteroatoms. The van der Waals surface area contributed by atoms with Crippen LogP contribution in [0.2, 0.25) is 0 Å². The van der Waals surface area contributed by atoms with Gasteiger partial charge in [0.05, 0.1) is 6.61 Å². The summed E-state index contributed by atoms with van der Waals surface area (Å²) in [4.78, 5) is 19.0. The normalized spacial score (nSPS) is 10.7. The number of benzene rings is 1. The molecule has 0 atom stereocenters. The van der Waals surface area contributed by atoms with Crippen LogP contribution in [-0.4, -0.2) is 36.5 Å². The summed E-state index contributed by atoms with van der Waals surface area (Å²) < 4.78 is 12.2. The molecule has 0 unspecified atom stereocenters. The van der Waals surface area contributed by atoms with Gasteiger partial charge in [0.25, 0.3) is 5.91 Å². The third-order valence-electron chi connectivity index (χ3n) is 4.51. The fourth-order valence-corrected chi connectivity index (χ4v) is 3.18. The van der Waals surface area contributed by atoms with Crippen LogP contribution in [0.25, 0.3) is 0 Å². The standard InChI is InChI=1S/C23H32N2O3/c1-8-9-10-11-27-19-14-18(5)24-22(20(19)23(26)25(6)7)28-21-16(3)12-15(2)13-17(21)4/h12-14H,8-11H2,1-7H3. The van der Waals surface area contributed by atoms with Crippen molar-refractivity contribution in [3.63, 3.8) is 0 Å². The van der Waals surface area contributed by atoms with Gasteiger partial charge in [-0.3, -0.25) is 4.79 Å². The Kier molecular flexibility index (Phi) is 7.44. The zero-order chi connectivity index (χ0) is 20.8. The monoisotopic (exact) mass is 384 g/mol. The van der Waals surface area contributed by atoms with Gasteiger partial charge in [0.1, 0.15) is 17.1 Å². The van der Waals surface area contributed by atoms with E-state index >= 15 is 0 Å². The summed E-state index contributed by atoms with van der Waals surface area (Å²) in [5.74, 6) is 1.36. The van der Waals surface area contributed by atoms with Crippen LogP contribution in [0.3, 0.4) is 0 Å². The van der Waals surface area contributed by atoms with E-state index in [1.807, 2.05) is 26.8 Å². The highest BCUT2D eigenvalue weighted by Gasteiger charge is 2.24. The van der Waals surface area contributed by atoms with E-state index < -0.39 is 0 Å². The molecule has 5 nitrogen and oxygen atoms in total. The van der Waals surface area contributed by atoms with Crippen LogP contribution in [-0.2, 0) is 0 Å². The zero-order valence-electron chi connectivity index (χ0n) is 18.2. The first kappa shape index (κ1) is 21.7. The maximum atomic E-state index is 12.9. The van der Waals surface area contributed by atoms with Gasteiger partial charge in [0, 0.05) is 25.9 Å². The summed E-state index contributed by atoms with van der Waals surface area (Å²) in [7, 11) is 3.43. The molecule has 0 fully saturated rings. The van der Waals surface area contributed by atoms with Crippen molar-refractivity contribution in [1.29, 1.82) is 0 Å². The Hall–Kier alpha value is -2.56. The predicted molar refractivity (Wildman–Crippen MR) is 113 cm³/mol. The molecule has 1 amide bonds. The number of unbranched alkanes of at least 4 members (excludes halogenated alkanes) is 2. The van der Waals surface area contributed by atoms with Gasteiger partial charge in [0.15, 0.2) is 0 Å². The molecule has 0 bridgehead atoms. The van der Waals surface area contributed by atoms with Gasteiger partial charge in [-0.15, -0.1) is 0 Å². The quantitative estimate of drug-likeness (QED) is 0.574. The number of hydrogen-bond acceptors (Lipinski definition) is 4. The topological polar surface area (TPSA) is 51.7 Å². The lowest BCUT2D eigenvalue weighted by molar-refractivity contribution is 0.0819. The van der Waals surface area contributed by atoms with Crippen LogP contribution in [0.15, 0.2) is 18.2 Å². The molecule has 1 heterocycles. The maximum absolute atomic E-state index is 12.9. The average molecular weight is 385 g/mol. The number of carbonyl (C=O) groups is 1. The Morgan fingerprint density at radius 2 is 1.68 bits per heavy atom. The molecule has 0 N–H and O–H groups in total. The first-order chi connectivity index (χ1) is 13.2. The molecule has 28 heavy (non-hydrogen) atoms.